The van der Waals surface area contributed by atoms with Gasteiger partial charge in [0.15, 0.2) is 0 Å². The van der Waals surface area contributed by atoms with Crippen LogP contribution in [0.1, 0.15) is 63.8 Å². The number of aryl methyl sites for hydroxylation is 1. The number of nitrogens with zero attached hydrogens (tertiary/aromatic N) is 7. The fourth-order valence-corrected chi connectivity index (χ4v) is 4.82. The molecule has 4 aromatic rings. The predicted molar refractivity (Wildman–Crippen MR) is 127 cm³/mol. The Morgan fingerprint density at radius 3 is 2.56 bits per heavy atom. The van der Waals surface area contributed by atoms with Gasteiger partial charge in [0, 0.05) is 25.7 Å². The van der Waals surface area contributed by atoms with Crippen LogP contribution in [0, 0.1) is 17.2 Å². The number of fused-ring (bicyclic) bond motifs is 1. The fraction of sp³-hybridized carbons (Fsp3) is 0.480. The van der Waals surface area contributed by atoms with Gasteiger partial charge in [0.05, 0.1) is 28.2 Å². The molecular formula is C25H29N7O2. The van der Waals surface area contributed by atoms with E-state index in [0.29, 0.717) is 35.5 Å². The smallest absolute Gasteiger partial charge is 0.328 e. The van der Waals surface area contributed by atoms with E-state index in [4.69, 9.17) is 4.42 Å². The van der Waals surface area contributed by atoms with E-state index in [9.17, 15) is 10.1 Å². The normalized spacial score (nSPS) is 18.9. The van der Waals surface area contributed by atoms with Crippen molar-refractivity contribution in [3.8, 4) is 17.7 Å². The molecule has 1 fully saturated rings. The van der Waals surface area contributed by atoms with Gasteiger partial charge >= 0.3 is 5.69 Å². The zero-order chi connectivity index (χ0) is 24.0. The van der Waals surface area contributed by atoms with E-state index in [1.165, 1.54) is 0 Å². The van der Waals surface area contributed by atoms with Gasteiger partial charge in [0.2, 0.25) is 5.89 Å². The number of hydrogen-bond donors (Lipinski definition) is 0. The molecule has 5 rings (SSSR count). The lowest BCUT2D eigenvalue weighted by molar-refractivity contribution is 0.270. The zero-order valence-electron chi connectivity index (χ0n) is 20.0. The summed E-state index contributed by atoms with van der Waals surface area (Å²) in [6, 6.07) is 9.48. The Balaban J connectivity index is 1.28. The van der Waals surface area contributed by atoms with E-state index in [1.807, 2.05) is 33.6 Å². The minimum atomic E-state index is -0.109. The highest BCUT2D eigenvalue weighted by Gasteiger charge is 2.28. The molecule has 0 atom stereocenters. The van der Waals surface area contributed by atoms with Crippen LogP contribution >= 0.6 is 0 Å². The van der Waals surface area contributed by atoms with Crippen molar-refractivity contribution in [2.75, 3.05) is 0 Å². The van der Waals surface area contributed by atoms with Crippen LogP contribution in [0.25, 0.3) is 22.6 Å². The van der Waals surface area contributed by atoms with Crippen LogP contribution in [0.15, 0.2) is 39.7 Å². The Hall–Kier alpha value is -3.67. The summed E-state index contributed by atoms with van der Waals surface area (Å²) in [5, 5.41) is 22.4. The molecule has 1 saturated carbocycles. The van der Waals surface area contributed by atoms with Crippen molar-refractivity contribution in [1.29, 1.82) is 5.26 Å². The van der Waals surface area contributed by atoms with Gasteiger partial charge < -0.3 is 4.42 Å². The lowest BCUT2D eigenvalue weighted by Crippen LogP contribution is -2.27. The molecule has 9 heteroatoms. The van der Waals surface area contributed by atoms with Crippen LogP contribution < -0.4 is 5.69 Å². The molecular weight excluding hydrogens is 430 g/mol. The fourth-order valence-electron chi connectivity index (χ4n) is 4.82. The molecule has 176 valence electrons. The van der Waals surface area contributed by atoms with Gasteiger partial charge in [-0.3, -0.25) is 13.8 Å². The van der Waals surface area contributed by atoms with E-state index in [-0.39, 0.29) is 17.1 Å². The molecule has 1 aliphatic carbocycles. The SMILES string of the molecule is Cn1c(=O)n(CC2CCC(c3nnc(-c4ccn(C(C)(C)C)n4)o3)CC2)c2cc(C#N)ccc21. The largest absolute Gasteiger partial charge is 0.419 e. The minimum Gasteiger partial charge on any atom is -0.419 e. The third kappa shape index (κ3) is 3.94. The molecule has 3 heterocycles. The highest BCUT2D eigenvalue weighted by Crippen LogP contribution is 2.37. The highest BCUT2D eigenvalue weighted by molar-refractivity contribution is 5.77. The molecule has 0 unspecified atom stereocenters. The molecule has 0 bridgehead atoms. The zero-order valence-corrected chi connectivity index (χ0v) is 20.0. The first-order chi connectivity index (χ1) is 16.2. The minimum absolute atomic E-state index is 0.0385. The Labute approximate surface area is 197 Å². The summed E-state index contributed by atoms with van der Waals surface area (Å²) in [6.07, 6.45) is 5.75. The summed E-state index contributed by atoms with van der Waals surface area (Å²) in [5.74, 6) is 1.72. The molecule has 1 aliphatic rings. The summed E-state index contributed by atoms with van der Waals surface area (Å²) >= 11 is 0. The van der Waals surface area contributed by atoms with Crippen LogP contribution in [-0.2, 0) is 19.1 Å². The number of hydrogen-bond acceptors (Lipinski definition) is 6. The summed E-state index contributed by atoms with van der Waals surface area (Å²) < 4.78 is 11.4. The van der Waals surface area contributed by atoms with E-state index in [2.05, 4.69) is 42.1 Å². The maximum absolute atomic E-state index is 12.9. The van der Waals surface area contributed by atoms with Crippen molar-refractivity contribution >= 4 is 11.0 Å². The van der Waals surface area contributed by atoms with E-state index < -0.39 is 0 Å². The number of aromatic nitrogens is 6. The Kier molecular flexibility index (Phi) is 5.39. The number of rotatable bonds is 4. The molecule has 0 spiro atoms. The van der Waals surface area contributed by atoms with Crippen LogP contribution in [0.3, 0.4) is 0 Å². The van der Waals surface area contributed by atoms with Gasteiger partial charge in [-0.15, -0.1) is 10.2 Å². The second-order valence-corrected chi connectivity index (χ2v) is 10.2. The van der Waals surface area contributed by atoms with Gasteiger partial charge in [-0.2, -0.15) is 10.4 Å². The van der Waals surface area contributed by atoms with Crippen molar-refractivity contribution in [1.82, 2.24) is 29.1 Å². The predicted octanol–water partition coefficient (Wildman–Crippen LogP) is 4.19. The molecule has 34 heavy (non-hydrogen) atoms. The molecule has 0 N–H and O–H groups in total. The number of benzene rings is 1. The molecule has 0 aliphatic heterocycles. The van der Waals surface area contributed by atoms with Crippen molar-refractivity contribution in [3.05, 3.63) is 52.4 Å². The molecule has 3 aromatic heterocycles. The maximum Gasteiger partial charge on any atom is 0.328 e. The van der Waals surface area contributed by atoms with Crippen molar-refractivity contribution in [2.24, 2.45) is 13.0 Å². The van der Waals surface area contributed by atoms with E-state index in [0.717, 1.165) is 36.7 Å². The van der Waals surface area contributed by atoms with Gasteiger partial charge in [0.1, 0.15) is 5.69 Å². The first-order valence-corrected chi connectivity index (χ1v) is 11.7. The Bertz CT molecular complexity index is 1430. The van der Waals surface area contributed by atoms with Crippen LogP contribution in [0.4, 0.5) is 0 Å². The molecule has 0 amide bonds. The summed E-state index contributed by atoms with van der Waals surface area (Å²) in [5.41, 5.74) is 2.78. The van der Waals surface area contributed by atoms with Crippen molar-refractivity contribution < 1.29 is 4.42 Å². The molecule has 0 saturated heterocycles. The third-order valence-corrected chi connectivity index (χ3v) is 6.85. The number of imidazole rings is 1. The summed E-state index contributed by atoms with van der Waals surface area (Å²) in [7, 11) is 1.78. The summed E-state index contributed by atoms with van der Waals surface area (Å²) in [6.45, 7) is 6.93. The van der Waals surface area contributed by atoms with Gasteiger partial charge in [0.25, 0.3) is 5.89 Å². The van der Waals surface area contributed by atoms with Gasteiger partial charge in [-0.25, -0.2) is 4.79 Å². The third-order valence-electron chi connectivity index (χ3n) is 6.85. The van der Waals surface area contributed by atoms with Crippen LogP contribution in [0.2, 0.25) is 0 Å². The summed E-state index contributed by atoms with van der Waals surface area (Å²) in [4.78, 5) is 12.9. The molecule has 1 aromatic carbocycles. The topological polar surface area (TPSA) is 107 Å². The van der Waals surface area contributed by atoms with Gasteiger partial charge in [-0.1, -0.05) is 0 Å². The van der Waals surface area contributed by atoms with Crippen molar-refractivity contribution in [3.63, 3.8) is 0 Å². The Morgan fingerprint density at radius 2 is 1.88 bits per heavy atom. The first kappa shape index (κ1) is 22.1. The standard InChI is InChI=1S/C25H29N7O2/c1-25(2,3)32-12-11-19(29-32)23-28-27-22(34-23)18-8-5-16(6-9-18)15-31-21-13-17(14-26)7-10-20(21)30(4)24(31)33/h7,10-13,16,18H,5-6,8-9,15H2,1-4H3. The van der Waals surface area contributed by atoms with Crippen molar-refractivity contribution in [2.45, 2.75) is 64.5 Å². The average molecular weight is 460 g/mol. The maximum atomic E-state index is 12.9. The quantitative estimate of drug-likeness (QED) is 0.453. The second kappa shape index (κ2) is 8.28. The van der Waals surface area contributed by atoms with Crippen LogP contribution in [0.5, 0.6) is 0 Å². The highest BCUT2D eigenvalue weighted by atomic mass is 16.4. The van der Waals surface area contributed by atoms with Gasteiger partial charge in [-0.05, 0) is 76.6 Å². The lowest BCUT2D eigenvalue weighted by atomic mass is 9.82. The first-order valence-electron chi connectivity index (χ1n) is 11.7. The van der Waals surface area contributed by atoms with E-state index in [1.54, 1.807) is 17.7 Å². The molecule has 9 nitrogen and oxygen atoms in total. The van der Waals surface area contributed by atoms with E-state index >= 15 is 0 Å². The molecule has 0 radical (unpaired) electrons. The Morgan fingerprint density at radius 1 is 1.12 bits per heavy atom. The number of nitriles is 1. The monoisotopic (exact) mass is 459 g/mol. The van der Waals surface area contributed by atoms with Crippen LogP contribution in [-0.4, -0.2) is 29.1 Å². The average Bonchev–Trinajstić information content (AvgIpc) is 3.55. The lowest BCUT2D eigenvalue weighted by Gasteiger charge is -2.26. The second-order valence-electron chi connectivity index (χ2n) is 10.2.